The lowest BCUT2D eigenvalue weighted by atomic mass is 10.0. The van der Waals surface area contributed by atoms with Crippen LogP contribution in [0.15, 0.2) is 65.7 Å². The normalized spacial score (nSPS) is 11.0. The van der Waals surface area contributed by atoms with Gasteiger partial charge in [-0.1, -0.05) is 30.3 Å². The van der Waals surface area contributed by atoms with E-state index in [1.165, 1.54) is 0 Å². The quantitative estimate of drug-likeness (QED) is 0.747. The molecule has 2 N–H and O–H groups in total. The Morgan fingerprint density at radius 2 is 1.83 bits per heavy atom. The molecule has 0 unspecified atom stereocenters. The van der Waals surface area contributed by atoms with Crippen LogP contribution < -0.4 is 10.5 Å². The fraction of sp³-hybridized carbons (Fsp3) is 0.0526. The Bertz CT molecular complexity index is 901. The van der Waals surface area contributed by atoms with Crippen LogP contribution in [0.2, 0.25) is 0 Å². The van der Waals surface area contributed by atoms with E-state index in [0.717, 1.165) is 22.1 Å². The molecule has 1 amide bonds. The van der Waals surface area contributed by atoms with Crippen molar-refractivity contribution in [3.8, 4) is 5.75 Å². The highest BCUT2D eigenvalue weighted by Crippen LogP contribution is 2.27. The van der Waals surface area contributed by atoms with Crippen LogP contribution in [-0.4, -0.2) is 19.2 Å². The first-order valence-electron chi connectivity index (χ1n) is 7.19. The van der Waals surface area contributed by atoms with Crippen molar-refractivity contribution in [3.63, 3.8) is 0 Å². The molecule has 0 aliphatic rings. The summed E-state index contributed by atoms with van der Waals surface area (Å²) in [7, 11) is 1.66. The molecule has 0 heterocycles. The molecule has 0 spiro atoms. The van der Waals surface area contributed by atoms with Gasteiger partial charge in [0, 0.05) is 22.7 Å². The van der Waals surface area contributed by atoms with Crippen LogP contribution >= 0.6 is 0 Å². The van der Waals surface area contributed by atoms with Crippen molar-refractivity contribution in [2.75, 3.05) is 7.11 Å². The fourth-order valence-corrected chi connectivity index (χ4v) is 2.47. The van der Waals surface area contributed by atoms with Gasteiger partial charge in [-0.3, -0.25) is 9.79 Å². The Morgan fingerprint density at radius 1 is 1.04 bits per heavy atom. The molecule has 3 aromatic carbocycles. The van der Waals surface area contributed by atoms with E-state index in [4.69, 9.17) is 10.5 Å². The number of amides is 1. The lowest BCUT2D eigenvalue weighted by Gasteiger charge is -2.07. The molecule has 0 aliphatic heterocycles. The van der Waals surface area contributed by atoms with Crippen molar-refractivity contribution in [2.24, 2.45) is 10.7 Å². The maximum atomic E-state index is 11.2. The molecule has 0 fully saturated rings. The molecule has 23 heavy (non-hydrogen) atoms. The van der Waals surface area contributed by atoms with Gasteiger partial charge in [0.15, 0.2) is 0 Å². The van der Waals surface area contributed by atoms with Crippen molar-refractivity contribution in [3.05, 3.63) is 71.8 Å². The molecule has 0 aliphatic carbocycles. The summed E-state index contributed by atoms with van der Waals surface area (Å²) in [5.41, 5.74) is 7.39. The Balaban J connectivity index is 2.02. The number of nitrogens with two attached hydrogens (primary N) is 1. The monoisotopic (exact) mass is 304 g/mol. The highest BCUT2D eigenvalue weighted by atomic mass is 16.5. The third-order valence-electron chi connectivity index (χ3n) is 3.62. The van der Waals surface area contributed by atoms with Crippen molar-refractivity contribution in [1.29, 1.82) is 0 Å². The molecule has 0 bridgehead atoms. The number of aliphatic imine (C=N–C) groups is 1. The van der Waals surface area contributed by atoms with Gasteiger partial charge in [-0.15, -0.1) is 0 Å². The topological polar surface area (TPSA) is 64.7 Å². The molecule has 114 valence electrons. The van der Waals surface area contributed by atoms with E-state index in [9.17, 15) is 4.79 Å². The van der Waals surface area contributed by atoms with Crippen molar-refractivity contribution >= 4 is 28.6 Å². The molecule has 4 nitrogen and oxygen atoms in total. The Kier molecular flexibility index (Phi) is 4.06. The summed E-state index contributed by atoms with van der Waals surface area (Å²) >= 11 is 0. The molecular weight excluding hydrogens is 288 g/mol. The van der Waals surface area contributed by atoms with Crippen LogP contribution in [0, 0.1) is 0 Å². The lowest BCUT2D eigenvalue weighted by molar-refractivity contribution is 0.100. The molecular formula is C19H16N2O2. The first-order chi connectivity index (χ1) is 11.2. The number of nitrogens with zero attached hydrogens (tertiary/aromatic N) is 1. The van der Waals surface area contributed by atoms with Crippen LogP contribution in [0.1, 0.15) is 15.9 Å². The molecule has 0 saturated carbocycles. The van der Waals surface area contributed by atoms with Gasteiger partial charge in [-0.2, -0.15) is 0 Å². The van der Waals surface area contributed by atoms with E-state index in [0.29, 0.717) is 11.3 Å². The zero-order chi connectivity index (χ0) is 16.2. The van der Waals surface area contributed by atoms with Gasteiger partial charge in [0.2, 0.25) is 5.91 Å². The summed E-state index contributed by atoms with van der Waals surface area (Å²) < 4.78 is 5.39. The smallest absolute Gasteiger partial charge is 0.248 e. The summed E-state index contributed by atoms with van der Waals surface area (Å²) in [5, 5.41) is 2.09. The van der Waals surface area contributed by atoms with Gasteiger partial charge in [0.25, 0.3) is 0 Å². The molecule has 0 radical (unpaired) electrons. The second-order valence-corrected chi connectivity index (χ2v) is 5.08. The lowest BCUT2D eigenvalue weighted by Crippen LogP contribution is -2.10. The number of carbonyl (C=O) groups is 1. The zero-order valence-electron chi connectivity index (χ0n) is 12.7. The van der Waals surface area contributed by atoms with Gasteiger partial charge in [0.1, 0.15) is 5.75 Å². The highest BCUT2D eigenvalue weighted by Gasteiger charge is 2.04. The summed E-state index contributed by atoms with van der Waals surface area (Å²) in [4.78, 5) is 15.7. The first-order valence-corrected chi connectivity index (χ1v) is 7.19. The largest absolute Gasteiger partial charge is 0.496 e. The van der Waals surface area contributed by atoms with E-state index < -0.39 is 5.91 Å². The minimum atomic E-state index is -0.461. The molecule has 0 saturated heterocycles. The number of rotatable bonds is 4. The number of primary amides is 1. The maximum absolute atomic E-state index is 11.2. The average molecular weight is 304 g/mol. The number of ether oxygens (including phenoxy) is 1. The molecule has 0 aromatic heterocycles. The third kappa shape index (κ3) is 3.06. The number of benzene rings is 3. The van der Waals surface area contributed by atoms with Gasteiger partial charge in [-0.05, 0) is 35.7 Å². The van der Waals surface area contributed by atoms with E-state index in [-0.39, 0.29) is 0 Å². The zero-order valence-corrected chi connectivity index (χ0v) is 12.7. The highest BCUT2D eigenvalue weighted by molar-refractivity contribution is 6.03. The van der Waals surface area contributed by atoms with Crippen LogP contribution in [-0.2, 0) is 0 Å². The molecule has 3 rings (SSSR count). The second-order valence-electron chi connectivity index (χ2n) is 5.08. The number of methoxy groups -OCH3 is 1. The van der Waals surface area contributed by atoms with Gasteiger partial charge in [0.05, 0.1) is 12.8 Å². The van der Waals surface area contributed by atoms with E-state index >= 15 is 0 Å². The Morgan fingerprint density at radius 3 is 2.57 bits per heavy atom. The minimum Gasteiger partial charge on any atom is -0.496 e. The van der Waals surface area contributed by atoms with Crippen LogP contribution in [0.3, 0.4) is 0 Å². The second kappa shape index (κ2) is 6.32. The number of carbonyl (C=O) groups excluding carboxylic acids is 1. The summed E-state index contributed by atoms with van der Waals surface area (Å²) in [6.07, 6.45) is 1.78. The Hall–Kier alpha value is -3.14. The summed E-state index contributed by atoms with van der Waals surface area (Å²) in [6, 6.07) is 18.8. The van der Waals surface area contributed by atoms with Crippen LogP contribution in [0.4, 0.5) is 5.69 Å². The standard InChI is InChI=1S/C19H16N2O2/c1-23-18-10-9-14(16-7-2-3-8-17(16)18)12-21-15-6-4-5-13(11-15)19(20)22/h2-12H,1H3,(H2,20,22). The summed E-state index contributed by atoms with van der Waals surface area (Å²) in [6.45, 7) is 0. The number of fused-ring (bicyclic) bond motifs is 1. The minimum absolute atomic E-state index is 0.444. The van der Waals surface area contributed by atoms with Gasteiger partial charge in [-0.25, -0.2) is 0 Å². The van der Waals surface area contributed by atoms with Gasteiger partial charge >= 0.3 is 0 Å². The van der Waals surface area contributed by atoms with Crippen molar-refractivity contribution in [2.45, 2.75) is 0 Å². The molecule has 4 heteroatoms. The van der Waals surface area contributed by atoms with Crippen molar-refractivity contribution in [1.82, 2.24) is 0 Å². The Labute approximate surface area is 134 Å². The predicted molar refractivity (Wildman–Crippen MR) is 92.7 cm³/mol. The predicted octanol–water partition coefficient (Wildman–Crippen LogP) is 3.70. The van der Waals surface area contributed by atoms with E-state index in [2.05, 4.69) is 4.99 Å². The van der Waals surface area contributed by atoms with Crippen LogP contribution in [0.25, 0.3) is 10.8 Å². The van der Waals surface area contributed by atoms with E-state index in [1.54, 1.807) is 31.5 Å². The maximum Gasteiger partial charge on any atom is 0.248 e. The average Bonchev–Trinajstić information content (AvgIpc) is 2.59. The first kappa shape index (κ1) is 14.8. The molecule has 0 atom stereocenters. The summed E-state index contributed by atoms with van der Waals surface area (Å²) in [5.74, 6) is 0.366. The fourth-order valence-electron chi connectivity index (χ4n) is 2.47. The number of hydrogen-bond acceptors (Lipinski definition) is 3. The van der Waals surface area contributed by atoms with Gasteiger partial charge < -0.3 is 10.5 Å². The number of hydrogen-bond donors (Lipinski definition) is 1. The SMILES string of the molecule is COc1ccc(C=Nc2cccc(C(N)=O)c2)c2ccccc12. The van der Waals surface area contributed by atoms with E-state index in [1.807, 2.05) is 42.5 Å². The van der Waals surface area contributed by atoms with Crippen LogP contribution in [0.5, 0.6) is 5.75 Å². The molecule has 3 aromatic rings. The van der Waals surface area contributed by atoms with Crippen molar-refractivity contribution < 1.29 is 9.53 Å². The third-order valence-corrected chi connectivity index (χ3v) is 3.62.